The van der Waals surface area contributed by atoms with E-state index in [1.54, 1.807) is 25.2 Å². The second-order valence-corrected chi connectivity index (χ2v) is 3.15. The molecule has 2 heteroatoms. The highest BCUT2D eigenvalue weighted by Gasteiger charge is 2.25. The van der Waals surface area contributed by atoms with E-state index < -0.39 is 0 Å². The maximum Gasteiger partial charge on any atom is 0.164 e. The third-order valence-corrected chi connectivity index (χ3v) is 2.21. The molecule has 1 saturated carbocycles. The van der Waals surface area contributed by atoms with Gasteiger partial charge in [-0.05, 0) is 13.8 Å². The van der Waals surface area contributed by atoms with E-state index in [1.165, 1.54) is 0 Å². The Hall–Kier alpha value is -1.44. The zero-order chi connectivity index (χ0) is 10.6. The molecule has 0 radical (unpaired) electrons. The molecule has 0 aromatic heterocycles. The summed E-state index contributed by atoms with van der Waals surface area (Å²) >= 11 is 0. The molecule has 1 rings (SSSR count). The van der Waals surface area contributed by atoms with Crippen LogP contribution in [0.25, 0.3) is 0 Å². The Morgan fingerprint density at radius 1 is 1.00 bits per heavy atom. The molecule has 0 heterocycles. The first kappa shape index (κ1) is 10.6. The van der Waals surface area contributed by atoms with Gasteiger partial charge in [0.1, 0.15) is 0 Å². The van der Waals surface area contributed by atoms with Crippen LogP contribution in [0.3, 0.4) is 0 Å². The predicted octanol–water partition coefficient (Wildman–Crippen LogP) is 2.37. The number of rotatable bonds is 1. The van der Waals surface area contributed by atoms with Gasteiger partial charge in [0.05, 0.1) is 0 Å². The van der Waals surface area contributed by atoms with Gasteiger partial charge in [-0.2, -0.15) is 0 Å². The van der Waals surface area contributed by atoms with Gasteiger partial charge in [0.15, 0.2) is 11.6 Å². The molecule has 0 aromatic carbocycles. The molecule has 0 spiro atoms. The van der Waals surface area contributed by atoms with Gasteiger partial charge in [0.2, 0.25) is 0 Å². The predicted molar refractivity (Wildman–Crippen MR) is 55.9 cm³/mol. The van der Waals surface area contributed by atoms with E-state index in [2.05, 4.69) is 0 Å². The molecular formula is C12H14O2. The van der Waals surface area contributed by atoms with Crippen LogP contribution in [0, 0.1) is 0 Å². The normalized spacial score (nSPS) is 24.1. The van der Waals surface area contributed by atoms with Crippen molar-refractivity contribution >= 4 is 11.6 Å². The first-order chi connectivity index (χ1) is 6.70. The van der Waals surface area contributed by atoms with Gasteiger partial charge in [-0.25, -0.2) is 0 Å². The number of carbonyl (C=O) groups is 2. The summed E-state index contributed by atoms with van der Waals surface area (Å²) in [6, 6.07) is 0. The summed E-state index contributed by atoms with van der Waals surface area (Å²) < 4.78 is 0. The van der Waals surface area contributed by atoms with Crippen molar-refractivity contribution in [2.75, 3.05) is 0 Å². The van der Waals surface area contributed by atoms with Crippen molar-refractivity contribution < 1.29 is 9.59 Å². The molecule has 0 saturated heterocycles. The van der Waals surface area contributed by atoms with Gasteiger partial charge in [0.25, 0.3) is 0 Å². The Bertz CT molecular complexity index is 343. The number of hydrogen-bond donors (Lipinski definition) is 0. The molecule has 74 valence electrons. The highest BCUT2D eigenvalue weighted by Crippen LogP contribution is 2.23. The van der Waals surface area contributed by atoms with Crippen molar-refractivity contribution in [3.05, 3.63) is 35.5 Å². The number of hydrogen-bond acceptors (Lipinski definition) is 2. The molecule has 14 heavy (non-hydrogen) atoms. The van der Waals surface area contributed by atoms with E-state index in [4.69, 9.17) is 0 Å². The van der Waals surface area contributed by atoms with Crippen molar-refractivity contribution in [3.8, 4) is 0 Å². The largest absolute Gasteiger partial charge is 0.294 e. The Kier molecular flexibility index (Phi) is 3.57. The lowest BCUT2D eigenvalue weighted by Gasteiger charge is -2.14. The number of Topliss-reactive ketones (excluding diaryl/α,β-unsaturated/α-hetero) is 2. The third kappa shape index (κ3) is 2.08. The molecule has 0 unspecified atom stereocenters. The third-order valence-electron chi connectivity index (χ3n) is 2.21. The summed E-state index contributed by atoms with van der Waals surface area (Å²) in [7, 11) is 0. The van der Waals surface area contributed by atoms with E-state index in [0.29, 0.717) is 24.0 Å². The lowest BCUT2D eigenvalue weighted by atomic mass is 9.87. The maximum absolute atomic E-state index is 11.5. The Morgan fingerprint density at radius 2 is 1.57 bits per heavy atom. The van der Waals surface area contributed by atoms with E-state index >= 15 is 0 Å². The van der Waals surface area contributed by atoms with Crippen molar-refractivity contribution in [3.63, 3.8) is 0 Å². The Morgan fingerprint density at radius 3 is 2.07 bits per heavy atom. The molecule has 0 atom stereocenters. The Labute approximate surface area is 84.0 Å². The lowest BCUT2D eigenvalue weighted by molar-refractivity contribution is -0.122. The minimum absolute atomic E-state index is 0.0656. The van der Waals surface area contributed by atoms with Gasteiger partial charge in [-0.15, -0.1) is 0 Å². The summed E-state index contributed by atoms with van der Waals surface area (Å²) in [5, 5.41) is 0. The zero-order valence-corrected chi connectivity index (χ0v) is 8.54. The van der Waals surface area contributed by atoms with Gasteiger partial charge >= 0.3 is 0 Å². The summed E-state index contributed by atoms with van der Waals surface area (Å²) in [5.74, 6) is 0.138. The molecule has 0 aliphatic heterocycles. The Balaban J connectivity index is 3.08. The molecule has 0 aromatic rings. The maximum atomic E-state index is 11.5. The van der Waals surface area contributed by atoms with Gasteiger partial charge < -0.3 is 0 Å². The van der Waals surface area contributed by atoms with Crippen LogP contribution in [0.2, 0.25) is 0 Å². The molecule has 1 aliphatic carbocycles. The van der Waals surface area contributed by atoms with Gasteiger partial charge in [0, 0.05) is 24.0 Å². The van der Waals surface area contributed by atoms with Gasteiger partial charge in [-0.3, -0.25) is 9.59 Å². The number of ketones is 2. The summed E-state index contributed by atoms with van der Waals surface area (Å²) in [6.07, 6.45) is 7.76. The van der Waals surface area contributed by atoms with Crippen LogP contribution >= 0.6 is 0 Å². The van der Waals surface area contributed by atoms with Crippen LogP contribution in [0.4, 0.5) is 0 Å². The van der Waals surface area contributed by atoms with Crippen LogP contribution in [0.1, 0.15) is 26.7 Å². The first-order valence-electron chi connectivity index (χ1n) is 4.76. The minimum Gasteiger partial charge on any atom is -0.294 e. The molecule has 2 nitrogen and oxygen atoms in total. The fourth-order valence-corrected chi connectivity index (χ4v) is 1.49. The first-order valence-corrected chi connectivity index (χ1v) is 4.76. The second kappa shape index (κ2) is 4.70. The molecule has 0 bridgehead atoms. The highest BCUT2D eigenvalue weighted by atomic mass is 16.1. The van der Waals surface area contributed by atoms with Crippen LogP contribution in [-0.4, -0.2) is 11.6 Å². The van der Waals surface area contributed by atoms with Crippen LogP contribution < -0.4 is 0 Å². The monoisotopic (exact) mass is 190 g/mol. The SMILES string of the molecule is C\C=C/C=C1/C(=O)CCC(=O)/C1=C/C. The fourth-order valence-electron chi connectivity index (χ4n) is 1.49. The van der Waals surface area contributed by atoms with E-state index in [0.717, 1.165) is 0 Å². The lowest BCUT2D eigenvalue weighted by Crippen LogP contribution is -2.19. The fraction of sp³-hybridized carbons (Fsp3) is 0.333. The zero-order valence-electron chi connectivity index (χ0n) is 8.54. The molecular weight excluding hydrogens is 176 g/mol. The van der Waals surface area contributed by atoms with Crippen LogP contribution in [0.5, 0.6) is 0 Å². The van der Waals surface area contributed by atoms with E-state index in [-0.39, 0.29) is 11.6 Å². The van der Waals surface area contributed by atoms with E-state index in [1.807, 2.05) is 13.0 Å². The summed E-state index contributed by atoms with van der Waals surface area (Å²) in [4.78, 5) is 23.0. The van der Waals surface area contributed by atoms with Crippen LogP contribution in [-0.2, 0) is 9.59 Å². The molecule has 0 amide bonds. The summed E-state index contributed by atoms with van der Waals surface area (Å²) in [6.45, 7) is 3.66. The van der Waals surface area contributed by atoms with Crippen molar-refractivity contribution in [1.29, 1.82) is 0 Å². The standard InChI is InChI=1S/C12H14O2/c1-3-5-6-10-9(4-2)11(13)7-8-12(10)14/h3-6H,7-8H2,1-2H3/b5-3-,9-4+,10-6+. The quantitative estimate of drug-likeness (QED) is 0.595. The van der Waals surface area contributed by atoms with Crippen molar-refractivity contribution in [2.45, 2.75) is 26.7 Å². The van der Waals surface area contributed by atoms with Crippen molar-refractivity contribution in [1.82, 2.24) is 0 Å². The highest BCUT2D eigenvalue weighted by molar-refractivity contribution is 6.17. The van der Waals surface area contributed by atoms with E-state index in [9.17, 15) is 9.59 Å². The second-order valence-electron chi connectivity index (χ2n) is 3.15. The average Bonchev–Trinajstić information content (AvgIpc) is 2.19. The number of carbonyl (C=O) groups excluding carboxylic acids is 2. The van der Waals surface area contributed by atoms with Crippen molar-refractivity contribution in [2.24, 2.45) is 0 Å². The van der Waals surface area contributed by atoms with Crippen LogP contribution in [0.15, 0.2) is 35.5 Å². The topological polar surface area (TPSA) is 34.1 Å². The number of allylic oxidation sites excluding steroid dienone is 6. The molecule has 1 fully saturated rings. The van der Waals surface area contributed by atoms with Gasteiger partial charge in [-0.1, -0.05) is 24.3 Å². The average molecular weight is 190 g/mol. The minimum atomic E-state index is 0.0656. The molecule has 1 aliphatic rings. The summed E-state index contributed by atoms with van der Waals surface area (Å²) in [5.41, 5.74) is 1.13. The smallest absolute Gasteiger partial charge is 0.164 e. The molecule has 0 N–H and O–H groups in total.